The number of benzene rings is 2. The number of nitrogens with one attached hydrogen (secondary N) is 1. The monoisotopic (exact) mass is 405 g/mol. The molecule has 6 rings (SSSR count). The molecule has 0 aliphatic carbocycles. The van der Waals surface area contributed by atoms with E-state index in [1.807, 2.05) is 41.1 Å². The van der Waals surface area contributed by atoms with Gasteiger partial charge in [0.15, 0.2) is 11.5 Å². The highest BCUT2D eigenvalue weighted by Gasteiger charge is 2.45. The first-order chi connectivity index (χ1) is 14.1. The minimum atomic E-state index is -0.246. The molecule has 29 heavy (non-hydrogen) atoms. The lowest BCUT2D eigenvalue weighted by molar-refractivity contribution is -0.136. The highest BCUT2D eigenvalue weighted by Crippen LogP contribution is 2.44. The number of likely N-dealkylation sites (N-methyl/N-ethyl adjacent to an activating group) is 1. The van der Waals surface area contributed by atoms with Gasteiger partial charge in [0.05, 0.1) is 18.6 Å². The number of aromatic amines is 1. The number of H-pyrrole nitrogens is 1. The predicted molar refractivity (Wildman–Crippen MR) is 112 cm³/mol. The Morgan fingerprint density at radius 2 is 1.97 bits per heavy atom. The van der Waals surface area contributed by atoms with Crippen molar-refractivity contribution in [1.82, 2.24) is 14.8 Å². The van der Waals surface area contributed by atoms with E-state index in [4.69, 9.17) is 21.7 Å². The standard InChI is InChI=1S/C22H19N3O3S/c1-24-10-19(26)25-16(22(24)29)9-14-13-4-2-3-5-15(13)23-20(14)21(25)12-6-7-17-18(8-12)28-11-27-17/h2-8,16,21,23H,9-11H2,1H3/t16-,21-/m1/s1. The summed E-state index contributed by atoms with van der Waals surface area (Å²) < 4.78 is 11.1. The van der Waals surface area contributed by atoms with Crippen LogP contribution in [0.1, 0.15) is 22.9 Å². The van der Waals surface area contributed by atoms with E-state index in [9.17, 15) is 4.79 Å². The number of nitrogens with zero attached hydrogens (tertiary/aromatic N) is 2. The predicted octanol–water partition coefficient (Wildman–Crippen LogP) is 3.01. The van der Waals surface area contributed by atoms with E-state index in [1.165, 1.54) is 10.9 Å². The first-order valence-corrected chi connectivity index (χ1v) is 10.1. The Hall–Kier alpha value is -3.06. The van der Waals surface area contributed by atoms with E-state index in [-0.39, 0.29) is 24.8 Å². The van der Waals surface area contributed by atoms with Crippen LogP contribution >= 0.6 is 12.2 Å². The molecule has 6 nitrogen and oxygen atoms in total. The SMILES string of the molecule is CN1CC(=O)N2[C@H](c3ccc4c(c3)OCO4)c3[nH]c4ccccc4c3C[C@@H]2C1=S. The molecule has 7 heteroatoms. The van der Waals surface area contributed by atoms with Gasteiger partial charge in [0.25, 0.3) is 0 Å². The minimum Gasteiger partial charge on any atom is -0.454 e. The van der Waals surface area contributed by atoms with Crippen LogP contribution in [-0.2, 0) is 11.2 Å². The summed E-state index contributed by atoms with van der Waals surface area (Å²) >= 11 is 5.76. The van der Waals surface area contributed by atoms with Crippen molar-refractivity contribution in [3.8, 4) is 11.5 Å². The van der Waals surface area contributed by atoms with Crippen molar-refractivity contribution in [3.05, 3.63) is 59.3 Å². The molecule has 1 fully saturated rings. The Labute approximate surface area is 173 Å². The number of hydrogen-bond acceptors (Lipinski definition) is 4. The van der Waals surface area contributed by atoms with Crippen molar-refractivity contribution < 1.29 is 14.3 Å². The fraction of sp³-hybridized carbons (Fsp3) is 0.273. The third-order valence-corrected chi connectivity index (χ3v) is 6.75. The van der Waals surface area contributed by atoms with Crippen molar-refractivity contribution in [3.63, 3.8) is 0 Å². The van der Waals surface area contributed by atoms with Gasteiger partial charge >= 0.3 is 0 Å². The van der Waals surface area contributed by atoms with Crippen LogP contribution < -0.4 is 9.47 Å². The minimum absolute atomic E-state index is 0.0815. The van der Waals surface area contributed by atoms with Crippen molar-refractivity contribution in [2.45, 2.75) is 18.5 Å². The van der Waals surface area contributed by atoms with E-state index < -0.39 is 0 Å². The summed E-state index contributed by atoms with van der Waals surface area (Å²) in [6.45, 7) is 0.521. The zero-order valence-corrected chi connectivity index (χ0v) is 16.7. The van der Waals surface area contributed by atoms with E-state index in [1.54, 1.807) is 0 Å². The first kappa shape index (κ1) is 16.9. The molecule has 1 saturated heterocycles. The number of rotatable bonds is 1. The van der Waals surface area contributed by atoms with Crippen LogP contribution in [0.25, 0.3) is 10.9 Å². The summed E-state index contributed by atoms with van der Waals surface area (Å²) in [5, 5.41) is 1.19. The molecule has 0 saturated carbocycles. The zero-order chi connectivity index (χ0) is 19.7. The van der Waals surface area contributed by atoms with E-state index in [2.05, 4.69) is 23.2 Å². The van der Waals surface area contributed by atoms with Gasteiger partial charge < -0.3 is 24.3 Å². The third kappa shape index (κ3) is 2.34. The number of carbonyl (C=O) groups excluding carboxylic acids is 1. The highest BCUT2D eigenvalue weighted by molar-refractivity contribution is 7.80. The van der Waals surface area contributed by atoms with Gasteiger partial charge in [-0.3, -0.25) is 4.79 Å². The first-order valence-electron chi connectivity index (χ1n) is 9.67. The molecule has 0 spiro atoms. The number of thiocarbonyl (C=S) groups is 1. The molecule has 3 aromatic rings. The number of fused-ring (bicyclic) bond motifs is 5. The molecule has 146 valence electrons. The van der Waals surface area contributed by atoms with Gasteiger partial charge in [-0.15, -0.1) is 0 Å². The van der Waals surface area contributed by atoms with Crippen LogP contribution in [0.4, 0.5) is 0 Å². The van der Waals surface area contributed by atoms with Gasteiger partial charge in [0, 0.05) is 30.1 Å². The summed E-state index contributed by atoms with van der Waals surface area (Å²) in [6.07, 6.45) is 0.718. The number of amides is 1. The molecular weight excluding hydrogens is 386 g/mol. The lowest BCUT2D eigenvalue weighted by atomic mass is 9.86. The second-order valence-electron chi connectivity index (χ2n) is 7.79. The number of carbonyl (C=O) groups is 1. The van der Waals surface area contributed by atoms with Crippen LogP contribution in [0.2, 0.25) is 0 Å². The number of piperazine rings is 1. The van der Waals surface area contributed by atoms with Crippen LogP contribution in [0.15, 0.2) is 42.5 Å². The Morgan fingerprint density at radius 3 is 2.86 bits per heavy atom. The van der Waals surface area contributed by atoms with Crippen LogP contribution in [0.3, 0.4) is 0 Å². The second-order valence-corrected chi connectivity index (χ2v) is 8.21. The molecule has 0 radical (unpaired) electrons. The molecule has 1 aromatic heterocycles. The average molecular weight is 405 g/mol. The number of para-hydroxylation sites is 1. The van der Waals surface area contributed by atoms with Crippen molar-refractivity contribution in [2.75, 3.05) is 20.4 Å². The third-order valence-electron chi connectivity index (χ3n) is 6.17. The maximum atomic E-state index is 13.2. The summed E-state index contributed by atoms with van der Waals surface area (Å²) in [6, 6.07) is 13.8. The van der Waals surface area contributed by atoms with Crippen LogP contribution in [0.5, 0.6) is 11.5 Å². The van der Waals surface area contributed by atoms with Crippen molar-refractivity contribution in [1.29, 1.82) is 0 Å². The molecule has 1 N–H and O–H groups in total. The fourth-order valence-electron chi connectivity index (χ4n) is 4.84. The second kappa shape index (κ2) is 5.97. The molecule has 3 aliphatic heterocycles. The Morgan fingerprint density at radius 1 is 1.14 bits per heavy atom. The molecule has 1 amide bonds. The maximum absolute atomic E-state index is 13.2. The Kier molecular flexibility index (Phi) is 3.47. The fourth-order valence-corrected chi connectivity index (χ4v) is 5.10. The van der Waals surface area contributed by atoms with Gasteiger partial charge in [0.2, 0.25) is 12.7 Å². The molecule has 2 aromatic carbocycles. The average Bonchev–Trinajstić information content (AvgIpc) is 3.34. The summed E-state index contributed by atoms with van der Waals surface area (Å²) in [5.41, 5.74) is 4.36. The van der Waals surface area contributed by atoms with Crippen molar-refractivity contribution >= 4 is 34.0 Å². The molecule has 0 unspecified atom stereocenters. The highest BCUT2D eigenvalue weighted by atomic mass is 32.1. The Balaban J connectivity index is 1.59. The normalized spacial score (nSPS) is 22.8. The van der Waals surface area contributed by atoms with Gasteiger partial charge in [-0.1, -0.05) is 36.5 Å². The van der Waals surface area contributed by atoms with Crippen LogP contribution in [0, 0.1) is 0 Å². The van der Waals surface area contributed by atoms with Crippen molar-refractivity contribution in [2.24, 2.45) is 0 Å². The van der Waals surface area contributed by atoms with Gasteiger partial charge in [-0.25, -0.2) is 0 Å². The van der Waals surface area contributed by atoms with E-state index >= 15 is 0 Å². The summed E-state index contributed by atoms with van der Waals surface area (Å²) in [5.74, 6) is 1.53. The van der Waals surface area contributed by atoms with E-state index in [0.717, 1.165) is 33.9 Å². The molecule has 2 atom stereocenters. The molecule has 3 aliphatic rings. The van der Waals surface area contributed by atoms with Crippen LogP contribution in [-0.4, -0.2) is 52.1 Å². The van der Waals surface area contributed by atoms with Gasteiger partial charge in [0.1, 0.15) is 4.99 Å². The number of ether oxygens (including phenoxy) is 2. The number of hydrogen-bond donors (Lipinski definition) is 1. The van der Waals surface area contributed by atoms with Gasteiger partial charge in [-0.2, -0.15) is 0 Å². The molecule has 0 bridgehead atoms. The molecular formula is C22H19N3O3S. The zero-order valence-electron chi connectivity index (χ0n) is 15.8. The summed E-state index contributed by atoms with van der Waals surface area (Å²) in [7, 11) is 1.90. The maximum Gasteiger partial charge on any atom is 0.243 e. The quantitative estimate of drug-likeness (QED) is 0.631. The van der Waals surface area contributed by atoms with E-state index in [0.29, 0.717) is 12.3 Å². The lowest BCUT2D eigenvalue weighted by Gasteiger charge is -2.47. The topological polar surface area (TPSA) is 57.8 Å². The largest absolute Gasteiger partial charge is 0.454 e. The molecule has 4 heterocycles. The lowest BCUT2D eigenvalue weighted by Crippen LogP contribution is -2.61. The smallest absolute Gasteiger partial charge is 0.243 e. The number of aromatic nitrogens is 1. The van der Waals surface area contributed by atoms with Gasteiger partial charge in [-0.05, 0) is 29.3 Å². The Bertz CT molecular complexity index is 1190. The summed E-state index contributed by atoms with van der Waals surface area (Å²) in [4.78, 5) is 21.4.